The molecule has 2 aliphatic rings. The van der Waals surface area contributed by atoms with E-state index < -0.39 is 12.1 Å². The molecule has 1 atom stereocenters. The van der Waals surface area contributed by atoms with Crippen LogP contribution >= 0.6 is 0 Å². The standard InChI is InChI=1S/C12H21NO3/c1-9-2-4-10(5-3-9)13-6-7-16-11(8-13)12(14)15/h9-11H,2-8H2,1H3,(H,14,15). The van der Waals surface area contributed by atoms with Crippen LogP contribution in [-0.2, 0) is 9.53 Å². The van der Waals surface area contributed by atoms with E-state index in [-0.39, 0.29) is 0 Å². The SMILES string of the molecule is CC1CCC(N2CCOC(C(=O)O)C2)CC1. The lowest BCUT2D eigenvalue weighted by atomic mass is 9.86. The van der Waals surface area contributed by atoms with Gasteiger partial charge in [0.2, 0.25) is 0 Å². The number of ether oxygens (including phenoxy) is 1. The van der Waals surface area contributed by atoms with Crippen molar-refractivity contribution in [3.05, 3.63) is 0 Å². The van der Waals surface area contributed by atoms with E-state index in [1.165, 1.54) is 25.7 Å². The highest BCUT2D eigenvalue weighted by Crippen LogP contribution is 2.28. The van der Waals surface area contributed by atoms with Gasteiger partial charge < -0.3 is 9.84 Å². The van der Waals surface area contributed by atoms with Crippen LogP contribution in [0.1, 0.15) is 32.6 Å². The van der Waals surface area contributed by atoms with Crippen LogP contribution in [0.5, 0.6) is 0 Å². The van der Waals surface area contributed by atoms with E-state index in [2.05, 4.69) is 11.8 Å². The van der Waals surface area contributed by atoms with E-state index in [1.54, 1.807) is 0 Å². The first-order valence-corrected chi connectivity index (χ1v) is 6.25. The van der Waals surface area contributed by atoms with Gasteiger partial charge in [0, 0.05) is 19.1 Å². The van der Waals surface area contributed by atoms with Crippen molar-refractivity contribution in [3.63, 3.8) is 0 Å². The third-order valence-electron chi connectivity index (χ3n) is 3.88. The van der Waals surface area contributed by atoms with Crippen molar-refractivity contribution in [2.75, 3.05) is 19.7 Å². The molecule has 0 spiro atoms. The van der Waals surface area contributed by atoms with E-state index >= 15 is 0 Å². The highest BCUT2D eigenvalue weighted by Gasteiger charge is 2.31. The zero-order valence-corrected chi connectivity index (χ0v) is 9.89. The molecule has 1 saturated carbocycles. The molecule has 2 rings (SSSR count). The summed E-state index contributed by atoms with van der Waals surface area (Å²) >= 11 is 0. The number of carbonyl (C=O) groups is 1. The number of aliphatic carboxylic acids is 1. The third-order valence-corrected chi connectivity index (χ3v) is 3.88. The summed E-state index contributed by atoms with van der Waals surface area (Å²) in [5.74, 6) is 0.0152. The average Bonchev–Trinajstić information content (AvgIpc) is 2.30. The second-order valence-corrected chi connectivity index (χ2v) is 5.11. The maximum Gasteiger partial charge on any atom is 0.334 e. The Balaban J connectivity index is 1.87. The molecule has 92 valence electrons. The molecule has 1 unspecified atom stereocenters. The lowest BCUT2D eigenvalue weighted by molar-refractivity contribution is -0.157. The van der Waals surface area contributed by atoms with Gasteiger partial charge in [0.25, 0.3) is 0 Å². The van der Waals surface area contributed by atoms with Gasteiger partial charge in [-0.05, 0) is 31.6 Å². The monoisotopic (exact) mass is 227 g/mol. The largest absolute Gasteiger partial charge is 0.479 e. The predicted octanol–water partition coefficient (Wildman–Crippen LogP) is 1.35. The summed E-state index contributed by atoms with van der Waals surface area (Å²) in [7, 11) is 0. The molecule has 1 N–H and O–H groups in total. The Morgan fingerprint density at radius 3 is 2.62 bits per heavy atom. The molecule has 1 aliphatic heterocycles. The van der Waals surface area contributed by atoms with Crippen molar-refractivity contribution in [2.45, 2.75) is 44.8 Å². The van der Waals surface area contributed by atoms with Crippen LogP contribution in [0, 0.1) is 5.92 Å². The Kier molecular flexibility index (Phi) is 3.82. The molecule has 16 heavy (non-hydrogen) atoms. The van der Waals surface area contributed by atoms with Gasteiger partial charge in [-0.1, -0.05) is 6.92 Å². The van der Waals surface area contributed by atoms with Crippen molar-refractivity contribution < 1.29 is 14.6 Å². The van der Waals surface area contributed by atoms with Crippen LogP contribution in [-0.4, -0.2) is 47.8 Å². The van der Waals surface area contributed by atoms with Crippen LogP contribution in [0.2, 0.25) is 0 Å². The van der Waals surface area contributed by atoms with Gasteiger partial charge in [-0.25, -0.2) is 4.79 Å². The lowest BCUT2D eigenvalue weighted by Crippen LogP contribution is -2.51. The minimum Gasteiger partial charge on any atom is -0.479 e. The first kappa shape index (κ1) is 11.9. The van der Waals surface area contributed by atoms with E-state index in [0.717, 1.165) is 12.5 Å². The molecule has 0 amide bonds. The number of carboxylic acid groups (broad SMARTS) is 1. The zero-order valence-electron chi connectivity index (χ0n) is 9.89. The fourth-order valence-electron chi connectivity index (χ4n) is 2.76. The number of carboxylic acids is 1. The summed E-state index contributed by atoms with van der Waals surface area (Å²) in [6, 6.07) is 0.585. The quantitative estimate of drug-likeness (QED) is 0.773. The predicted molar refractivity (Wildman–Crippen MR) is 60.4 cm³/mol. The summed E-state index contributed by atoms with van der Waals surface area (Å²) < 4.78 is 5.24. The van der Waals surface area contributed by atoms with Crippen molar-refractivity contribution in [3.8, 4) is 0 Å². The molecule has 1 aliphatic carbocycles. The van der Waals surface area contributed by atoms with Crippen molar-refractivity contribution >= 4 is 5.97 Å². The van der Waals surface area contributed by atoms with E-state index in [4.69, 9.17) is 9.84 Å². The van der Waals surface area contributed by atoms with Crippen molar-refractivity contribution in [2.24, 2.45) is 5.92 Å². The normalized spacial score (nSPS) is 37.2. The summed E-state index contributed by atoms with van der Waals surface area (Å²) in [6.07, 6.45) is 4.37. The zero-order chi connectivity index (χ0) is 11.5. The molecule has 2 fully saturated rings. The molecule has 1 heterocycles. The van der Waals surface area contributed by atoms with Gasteiger partial charge >= 0.3 is 5.97 Å². The van der Waals surface area contributed by atoms with Crippen LogP contribution < -0.4 is 0 Å². The van der Waals surface area contributed by atoms with Gasteiger partial charge in [-0.15, -0.1) is 0 Å². The molecule has 0 aromatic rings. The summed E-state index contributed by atoms with van der Waals surface area (Å²) in [5.41, 5.74) is 0. The Labute approximate surface area is 96.6 Å². The van der Waals surface area contributed by atoms with Crippen LogP contribution in [0.25, 0.3) is 0 Å². The second kappa shape index (κ2) is 5.15. The molecular weight excluding hydrogens is 206 g/mol. The highest BCUT2D eigenvalue weighted by molar-refractivity contribution is 5.72. The second-order valence-electron chi connectivity index (χ2n) is 5.11. The van der Waals surface area contributed by atoms with Gasteiger partial charge in [0.1, 0.15) is 0 Å². The van der Waals surface area contributed by atoms with Gasteiger partial charge in [0.15, 0.2) is 6.10 Å². The van der Waals surface area contributed by atoms with Gasteiger partial charge in [-0.2, -0.15) is 0 Å². The summed E-state index contributed by atoms with van der Waals surface area (Å²) in [6.45, 7) is 4.32. The Hall–Kier alpha value is -0.610. The maximum absolute atomic E-state index is 10.9. The summed E-state index contributed by atoms with van der Waals surface area (Å²) in [4.78, 5) is 13.2. The Bertz CT molecular complexity index is 249. The van der Waals surface area contributed by atoms with Gasteiger partial charge in [0.05, 0.1) is 6.61 Å². The first-order valence-electron chi connectivity index (χ1n) is 6.25. The summed E-state index contributed by atoms with van der Waals surface area (Å²) in [5, 5.41) is 8.94. The van der Waals surface area contributed by atoms with Crippen LogP contribution in [0.3, 0.4) is 0 Å². The van der Waals surface area contributed by atoms with Crippen molar-refractivity contribution in [1.82, 2.24) is 4.90 Å². The molecule has 0 aromatic carbocycles. The molecule has 0 aromatic heterocycles. The molecule has 1 saturated heterocycles. The van der Waals surface area contributed by atoms with E-state index in [0.29, 0.717) is 19.2 Å². The minimum absolute atomic E-state index is 0.559. The molecule has 4 nitrogen and oxygen atoms in total. The topological polar surface area (TPSA) is 49.8 Å². The smallest absolute Gasteiger partial charge is 0.334 e. The first-order chi connectivity index (χ1) is 7.66. The molecule has 0 bridgehead atoms. The maximum atomic E-state index is 10.9. The van der Waals surface area contributed by atoms with Crippen molar-refractivity contribution in [1.29, 1.82) is 0 Å². The third kappa shape index (κ3) is 2.74. The number of hydrogen-bond acceptors (Lipinski definition) is 3. The molecule has 4 heteroatoms. The van der Waals surface area contributed by atoms with Crippen LogP contribution in [0.15, 0.2) is 0 Å². The van der Waals surface area contributed by atoms with Crippen LogP contribution in [0.4, 0.5) is 0 Å². The van der Waals surface area contributed by atoms with Gasteiger partial charge in [-0.3, -0.25) is 4.90 Å². The minimum atomic E-state index is -0.825. The fraction of sp³-hybridized carbons (Fsp3) is 0.917. The highest BCUT2D eigenvalue weighted by atomic mass is 16.5. The fourth-order valence-corrected chi connectivity index (χ4v) is 2.76. The van der Waals surface area contributed by atoms with E-state index in [9.17, 15) is 4.79 Å². The van der Waals surface area contributed by atoms with E-state index in [1.807, 2.05) is 0 Å². The Morgan fingerprint density at radius 2 is 2.00 bits per heavy atom. The number of rotatable bonds is 2. The number of nitrogens with zero attached hydrogens (tertiary/aromatic N) is 1. The number of hydrogen-bond donors (Lipinski definition) is 1. The molecule has 0 radical (unpaired) electrons. The average molecular weight is 227 g/mol. The number of morpholine rings is 1. The Morgan fingerprint density at radius 1 is 1.31 bits per heavy atom. The lowest BCUT2D eigenvalue weighted by Gasteiger charge is -2.39. The molecular formula is C12H21NO3.